The standard InChI is InChI=1S/C16H14Cl2N4O3S/c1-4-7-21-13-10(5-6-11(17)12(13)18)16(14(21)25)22(9(3)24)20-15(26-16)19-8(2)23/h4-6H,1,7H2,2-3H3,(H,19,20,23)/t16-/m0/s1. The molecule has 0 aliphatic carbocycles. The molecule has 1 N–H and O–H groups in total. The summed E-state index contributed by atoms with van der Waals surface area (Å²) in [5, 5.41) is 8.38. The molecule has 0 saturated carbocycles. The first-order valence-corrected chi connectivity index (χ1v) is 9.08. The smallest absolute Gasteiger partial charge is 0.271 e. The van der Waals surface area contributed by atoms with Crippen molar-refractivity contribution in [2.24, 2.45) is 5.10 Å². The molecule has 0 fully saturated rings. The number of hydrogen-bond acceptors (Lipinski definition) is 5. The number of carbonyl (C=O) groups is 3. The van der Waals surface area contributed by atoms with Crippen molar-refractivity contribution in [3.63, 3.8) is 0 Å². The first-order valence-electron chi connectivity index (χ1n) is 7.51. The lowest BCUT2D eigenvalue weighted by Crippen LogP contribution is -2.48. The fraction of sp³-hybridized carbons (Fsp3) is 0.250. The maximum Gasteiger partial charge on any atom is 0.271 e. The Morgan fingerprint density at radius 3 is 2.65 bits per heavy atom. The van der Waals surface area contributed by atoms with Crippen molar-refractivity contribution in [3.05, 3.63) is 40.4 Å². The molecule has 1 aromatic carbocycles. The van der Waals surface area contributed by atoms with Gasteiger partial charge in [0.2, 0.25) is 16.7 Å². The number of nitrogens with one attached hydrogen (secondary N) is 1. The molecule has 1 spiro atoms. The number of rotatable bonds is 2. The van der Waals surface area contributed by atoms with Crippen molar-refractivity contribution < 1.29 is 14.4 Å². The molecule has 2 aliphatic rings. The molecule has 2 heterocycles. The summed E-state index contributed by atoms with van der Waals surface area (Å²) in [6.45, 7) is 6.45. The van der Waals surface area contributed by atoms with E-state index in [9.17, 15) is 14.4 Å². The highest BCUT2D eigenvalue weighted by atomic mass is 35.5. The van der Waals surface area contributed by atoms with E-state index in [0.29, 0.717) is 11.3 Å². The summed E-state index contributed by atoms with van der Waals surface area (Å²) >= 11 is 13.5. The van der Waals surface area contributed by atoms with Crippen LogP contribution in [-0.4, -0.2) is 34.4 Å². The molecule has 0 bridgehead atoms. The molecule has 0 unspecified atom stereocenters. The minimum Gasteiger partial charge on any atom is -0.304 e. The van der Waals surface area contributed by atoms with Gasteiger partial charge in [-0.1, -0.05) is 35.3 Å². The summed E-state index contributed by atoms with van der Waals surface area (Å²) in [4.78, 5) is 36.9. The van der Waals surface area contributed by atoms with Gasteiger partial charge in [-0.2, -0.15) is 5.01 Å². The molecular formula is C16H14Cl2N4O3S. The number of thioether (sulfide) groups is 1. The van der Waals surface area contributed by atoms with E-state index in [0.717, 1.165) is 16.8 Å². The number of anilines is 1. The number of amidine groups is 1. The van der Waals surface area contributed by atoms with E-state index >= 15 is 0 Å². The molecule has 2 aliphatic heterocycles. The molecule has 10 heteroatoms. The first kappa shape index (κ1) is 18.8. The van der Waals surface area contributed by atoms with Crippen LogP contribution in [-0.2, 0) is 19.3 Å². The number of hydrogen-bond donors (Lipinski definition) is 1. The zero-order chi connectivity index (χ0) is 19.2. The van der Waals surface area contributed by atoms with Gasteiger partial charge in [-0.05, 0) is 17.8 Å². The van der Waals surface area contributed by atoms with Crippen LogP contribution in [0, 0.1) is 0 Å². The van der Waals surface area contributed by atoms with Crippen molar-refractivity contribution in [2.45, 2.75) is 18.7 Å². The van der Waals surface area contributed by atoms with Gasteiger partial charge < -0.3 is 10.2 Å². The number of fused-ring (bicyclic) bond motifs is 2. The highest BCUT2D eigenvalue weighted by Gasteiger charge is 2.61. The third kappa shape index (κ3) is 2.60. The number of carbonyl (C=O) groups excluding carboxylic acids is 3. The van der Waals surface area contributed by atoms with Crippen LogP contribution >= 0.6 is 35.0 Å². The summed E-state index contributed by atoms with van der Waals surface area (Å²) in [7, 11) is 0. The fourth-order valence-electron chi connectivity index (χ4n) is 2.94. The van der Waals surface area contributed by atoms with E-state index in [-0.39, 0.29) is 27.7 Å². The minimum absolute atomic E-state index is 0.151. The summed E-state index contributed by atoms with van der Waals surface area (Å²) < 4.78 is 0. The van der Waals surface area contributed by atoms with Gasteiger partial charge in [-0.3, -0.25) is 14.4 Å². The molecule has 0 radical (unpaired) electrons. The molecule has 3 amide bonds. The number of nitrogens with zero attached hydrogens (tertiary/aromatic N) is 3. The van der Waals surface area contributed by atoms with Gasteiger partial charge in [0.1, 0.15) is 0 Å². The van der Waals surface area contributed by atoms with Crippen LogP contribution < -0.4 is 10.2 Å². The Morgan fingerprint density at radius 1 is 1.38 bits per heavy atom. The quantitative estimate of drug-likeness (QED) is 0.756. The van der Waals surface area contributed by atoms with E-state index < -0.39 is 16.7 Å². The molecule has 1 atom stereocenters. The van der Waals surface area contributed by atoms with Crippen molar-refractivity contribution in [1.82, 2.24) is 10.3 Å². The molecule has 0 saturated heterocycles. The number of amides is 3. The predicted molar refractivity (Wildman–Crippen MR) is 102 cm³/mol. The van der Waals surface area contributed by atoms with Gasteiger partial charge >= 0.3 is 0 Å². The van der Waals surface area contributed by atoms with Crippen LogP contribution in [0.4, 0.5) is 5.69 Å². The van der Waals surface area contributed by atoms with E-state index in [1.165, 1.54) is 18.7 Å². The molecular weight excluding hydrogens is 399 g/mol. The summed E-state index contributed by atoms with van der Waals surface area (Å²) in [5.74, 6) is -1.23. The van der Waals surface area contributed by atoms with Gasteiger partial charge in [0.15, 0.2) is 5.17 Å². The van der Waals surface area contributed by atoms with Crippen LogP contribution in [0.5, 0.6) is 0 Å². The Bertz CT molecular complexity index is 888. The van der Waals surface area contributed by atoms with E-state index in [1.54, 1.807) is 18.2 Å². The van der Waals surface area contributed by atoms with Crippen molar-refractivity contribution in [3.8, 4) is 0 Å². The van der Waals surface area contributed by atoms with E-state index in [2.05, 4.69) is 17.0 Å². The Balaban J connectivity index is 2.23. The normalized spacial score (nSPS) is 21.1. The van der Waals surface area contributed by atoms with Gasteiger partial charge in [0.25, 0.3) is 5.91 Å². The average molecular weight is 413 g/mol. The predicted octanol–water partition coefficient (Wildman–Crippen LogP) is 2.68. The summed E-state index contributed by atoms with van der Waals surface area (Å²) in [6.07, 6.45) is 1.55. The Hall–Kier alpha value is -2.03. The van der Waals surface area contributed by atoms with Gasteiger partial charge in [0.05, 0.1) is 15.7 Å². The molecule has 26 heavy (non-hydrogen) atoms. The monoisotopic (exact) mass is 412 g/mol. The second kappa shape index (κ2) is 6.61. The lowest BCUT2D eigenvalue weighted by atomic mass is 10.1. The van der Waals surface area contributed by atoms with Crippen LogP contribution in [0.2, 0.25) is 10.0 Å². The third-order valence-electron chi connectivity index (χ3n) is 3.87. The Labute approximate surface area is 164 Å². The minimum atomic E-state index is -1.49. The van der Waals surface area contributed by atoms with E-state index in [4.69, 9.17) is 23.2 Å². The Morgan fingerprint density at radius 2 is 2.08 bits per heavy atom. The maximum absolute atomic E-state index is 13.4. The highest BCUT2D eigenvalue weighted by molar-refractivity contribution is 8.15. The second-order valence-corrected chi connectivity index (χ2v) is 7.59. The van der Waals surface area contributed by atoms with E-state index in [1.807, 2.05) is 0 Å². The zero-order valence-corrected chi connectivity index (χ0v) is 16.2. The van der Waals surface area contributed by atoms with Crippen LogP contribution in [0.25, 0.3) is 0 Å². The number of benzene rings is 1. The number of halogens is 2. The van der Waals surface area contributed by atoms with Crippen molar-refractivity contribution in [2.75, 3.05) is 11.4 Å². The zero-order valence-electron chi connectivity index (χ0n) is 13.9. The molecule has 1 aromatic rings. The van der Waals surface area contributed by atoms with Gasteiger partial charge in [-0.15, -0.1) is 11.7 Å². The lowest BCUT2D eigenvalue weighted by Gasteiger charge is -2.29. The lowest BCUT2D eigenvalue weighted by molar-refractivity contribution is -0.139. The highest BCUT2D eigenvalue weighted by Crippen LogP contribution is 2.57. The van der Waals surface area contributed by atoms with Crippen LogP contribution in [0.15, 0.2) is 29.9 Å². The second-order valence-electron chi connectivity index (χ2n) is 5.63. The third-order valence-corrected chi connectivity index (χ3v) is 5.90. The van der Waals surface area contributed by atoms with Crippen molar-refractivity contribution in [1.29, 1.82) is 0 Å². The largest absolute Gasteiger partial charge is 0.304 e. The molecule has 7 nitrogen and oxygen atoms in total. The SMILES string of the molecule is C=CCN1C(=O)[C@@]2(SC(NC(C)=O)=NN2C(C)=O)c2ccc(Cl)c(Cl)c21. The number of hydrazone groups is 1. The van der Waals surface area contributed by atoms with Crippen molar-refractivity contribution >= 4 is 63.5 Å². The maximum atomic E-state index is 13.4. The molecule has 3 rings (SSSR count). The molecule has 136 valence electrons. The summed E-state index contributed by atoms with van der Waals surface area (Å²) in [6, 6.07) is 3.20. The fourth-order valence-corrected chi connectivity index (χ4v) is 4.69. The topological polar surface area (TPSA) is 82.1 Å². The Kier molecular flexibility index (Phi) is 4.76. The first-order chi connectivity index (χ1) is 12.2. The average Bonchev–Trinajstić information content (AvgIpc) is 3.04. The van der Waals surface area contributed by atoms with Crippen LogP contribution in [0.1, 0.15) is 19.4 Å². The summed E-state index contributed by atoms with van der Waals surface area (Å²) in [5.41, 5.74) is 0.880. The van der Waals surface area contributed by atoms with Gasteiger partial charge in [0, 0.05) is 26.0 Å². The van der Waals surface area contributed by atoms with Crippen LogP contribution in [0.3, 0.4) is 0 Å². The molecule has 0 aromatic heterocycles. The van der Waals surface area contributed by atoms with Gasteiger partial charge in [-0.25, -0.2) is 0 Å².